The summed E-state index contributed by atoms with van der Waals surface area (Å²) in [7, 11) is 1.55. The largest absolute Gasteiger partial charge is 0.480 e. The van der Waals surface area contributed by atoms with Gasteiger partial charge in [0.05, 0.1) is 0 Å². The Morgan fingerprint density at radius 1 is 1.38 bits per heavy atom. The molecule has 0 aromatic carbocycles. The quantitative estimate of drug-likeness (QED) is 0.740. The Kier molecular flexibility index (Phi) is 4.73. The average Bonchev–Trinajstić information content (AvgIpc) is 2.76. The minimum Gasteiger partial charge on any atom is -0.480 e. The third-order valence-electron chi connectivity index (χ3n) is 3.17. The van der Waals surface area contributed by atoms with E-state index in [1.807, 2.05) is 0 Å². The number of likely N-dealkylation sites (N-methyl/N-ethyl adjacent to an activating group) is 1. The van der Waals surface area contributed by atoms with E-state index in [-0.39, 0.29) is 5.91 Å². The zero-order valence-electron chi connectivity index (χ0n) is 9.98. The average molecular weight is 228 g/mol. The molecule has 1 saturated heterocycles. The molecule has 0 radical (unpaired) electrons. The van der Waals surface area contributed by atoms with Crippen LogP contribution in [0.3, 0.4) is 0 Å². The fourth-order valence-corrected chi connectivity index (χ4v) is 1.82. The Balaban J connectivity index is 2.30. The van der Waals surface area contributed by atoms with Gasteiger partial charge in [-0.2, -0.15) is 0 Å². The number of carboxylic acid groups (broad SMARTS) is 1. The van der Waals surface area contributed by atoms with Crippen LogP contribution in [0.5, 0.6) is 0 Å². The van der Waals surface area contributed by atoms with Crippen molar-refractivity contribution < 1.29 is 14.7 Å². The zero-order chi connectivity index (χ0) is 12.1. The van der Waals surface area contributed by atoms with Gasteiger partial charge < -0.3 is 14.9 Å². The summed E-state index contributed by atoms with van der Waals surface area (Å²) in [6.07, 6.45) is 2.82. The van der Waals surface area contributed by atoms with E-state index >= 15 is 0 Å². The highest BCUT2D eigenvalue weighted by molar-refractivity contribution is 5.83. The lowest BCUT2D eigenvalue weighted by Crippen LogP contribution is -2.41. The topological polar surface area (TPSA) is 60.9 Å². The molecule has 1 fully saturated rings. The molecule has 0 bridgehead atoms. The van der Waals surface area contributed by atoms with Crippen LogP contribution >= 0.6 is 0 Å². The third-order valence-corrected chi connectivity index (χ3v) is 3.17. The first-order valence-electron chi connectivity index (χ1n) is 5.73. The van der Waals surface area contributed by atoms with Crippen LogP contribution in [0.2, 0.25) is 0 Å². The van der Waals surface area contributed by atoms with Crippen LogP contribution in [-0.4, -0.2) is 59.5 Å². The molecule has 92 valence electrons. The first kappa shape index (κ1) is 13.0. The van der Waals surface area contributed by atoms with Gasteiger partial charge in [-0.05, 0) is 32.9 Å². The van der Waals surface area contributed by atoms with Crippen molar-refractivity contribution in [1.82, 2.24) is 9.80 Å². The summed E-state index contributed by atoms with van der Waals surface area (Å²) in [5, 5.41) is 8.78. The molecule has 0 saturated carbocycles. The van der Waals surface area contributed by atoms with E-state index in [2.05, 4.69) is 4.90 Å². The molecule has 1 rings (SSSR count). The summed E-state index contributed by atoms with van der Waals surface area (Å²) in [5.41, 5.74) is 0. The van der Waals surface area contributed by atoms with Gasteiger partial charge in [-0.15, -0.1) is 0 Å². The van der Waals surface area contributed by atoms with E-state index in [1.54, 1.807) is 7.05 Å². The summed E-state index contributed by atoms with van der Waals surface area (Å²) in [6, 6.07) is -0.744. The van der Waals surface area contributed by atoms with Crippen molar-refractivity contribution in [3.63, 3.8) is 0 Å². The molecule has 0 spiro atoms. The normalized spacial score (nSPS) is 18.4. The van der Waals surface area contributed by atoms with Crippen molar-refractivity contribution >= 4 is 11.9 Å². The Labute approximate surface area is 96.0 Å². The van der Waals surface area contributed by atoms with Gasteiger partial charge in [-0.3, -0.25) is 4.79 Å². The molecule has 1 heterocycles. The molecular formula is C11H20N2O3. The van der Waals surface area contributed by atoms with Gasteiger partial charge in [0.15, 0.2) is 0 Å². The predicted octanol–water partition coefficient (Wildman–Crippen LogP) is 0.404. The second-order valence-corrected chi connectivity index (χ2v) is 4.32. The van der Waals surface area contributed by atoms with Crippen molar-refractivity contribution in [1.29, 1.82) is 0 Å². The van der Waals surface area contributed by atoms with E-state index in [0.717, 1.165) is 19.6 Å². The lowest BCUT2D eigenvalue weighted by molar-refractivity contribution is -0.148. The number of rotatable bonds is 5. The molecule has 5 nitrogen and oxygen atoms in total. The molecule has 1 amide bonds. The first-order chi connectivity index (χ1) is 7.52. The Morgan fingerprint density at radius 3 is 2.44 bits per heavy atom. The lowest BCUT2D eigenvalue weighted by atomic mass is 10.2. The van der Waals surface area contributed by atoms with E-state index in [0.29, 0.717) is 6.42 Å². The van der Waals surface area contributed by atoms with Crippen LogP contribution in [-0.2, 0) is 9.59 Å². The smallest absolute Gasteiger partial charge is 0.326 e. The third kappa shape index (κ3) is 3.48. The molecule has 5 heteroatoms. The minimum absolute atomic E-state index is 0.0956. The monoisotopic (exact) mass is 228 g/mol. The van der Waals surface area contributed by atoms with Crippen LogP contribution in [0, 0.1) is 0 Å². The van der Waals surface area contributed by atoms with E-state index < -0.39 is 12.0 Å². The number of carbonyl (C=O) groups is 2. The molecular weight excluding hydrogens is 208 g/mol. The van der Waals surface area contributed by atoms with Crippen LogP contribution in [0.25, 0.3) is 0 Å². The summed E-state index contributed by atoms with van der Waals surface area (Å²) < 4.78 is 0. The number of amides is 1. The molecule has 1 atom stereocenters. The van der Waals surface area contributed by atoms with Gasteiger partial charge >= 0.3 is 5.97 Å². The van der Waals surface area contributed by atoms with Crippen LogP contribution in [0.1, 0.15) is 26.2 Å². The zero-order valence-corrected chi connectivity index (χ0v) is 9.98. The summed E-state index contributed by atoms with van der Waals surface area (Å²) in [4.78, 5) is 25.9. The molecule has 0 aromatic rings. The highest BCUT2D eigenvalue weighted by Gasteiger charge is 2.22. The van der Waals surface area contributed by atoms with E-state index in [4.69, 9.17) is 5.11 Å². The Hall–Kier alpha value is -1.10. The maximum Gasteiger partial charge on any atom is 0.326 e. The molecule has 0 aliphatic carbocycles. The first-order valence-corrected chi connectivity index (χ1v) is 5.73. The van der Waals surface area contributed by atoms with Gasteiger partial charge in [-0.1, -0.05) is 0 Å². The van der Waals surface area contributed by atoms with Gasteiger partial charge in [0.2, 0.25) is 5.91 Å². The second-order valence-electron chi connectivity index (χ2n) is 4.32. The fraction of sp³-hybridized carbons (Fsp3) is 0.818. The summed E-state index contributed by atoms with van der Waals surface area (Å²) >= 11 is 0. The van der Waals surface area contributed by atoms with Crippen molar-refractivity contribution in [2.75, 3.05) is 26.7 Å². The van der Waals surface area contributed by atoms with Gasteiger partial charge in [0, 0.05) is 20.0 Å². The SMILES string of the molecule is CC(C(=O)O)N(C)C(=O)CCN1CCCC1. The van der Waals surface area contributed by atoms with Gasteiger partial charge in [0.25, 0.3) is 0 Å². The summed E-state index contributed by atoms with van der Waals surface area (Å²) in [6.45, 7) is 4.39. The number of aliphatic carboxylic acids is 1. The van der Waals surface area contributed by atoms with Crippen LogP contribution in [0.4, 0.5) is 0 Å². The predicted molar refractivity (Wildman–Crippen MR) is 60.2 cm³/mol. The molecule has 0 aromatic heterocycles. The van der Waals surface area contributed by atoms with E-state index in [1.165, 1.54) is 24.7 Å². The van der Waals surface area contributed by atoms with Gasteiger partial charge in [0.1, 0.15) is 6.04 Å². The standard InChI is InChI=1S/C11H20N2O3/c1-9(11(15)16)12(2)10(14)5-8-13-6-3-4-7-13/h9H,3-8H2,1-2H3,(H,15,16). The molecule has 1 unspecified atom stereocenters. The molecule has 1 aliphatic rings. The lowest BCUT2D eigenvalue weighted by Gasteiger charge is -2.23. The minimum atomic E-state index is -0.961. The van der Waals surface area contributed by atoms with Crippen molar-refractivity contribution in [3.8, 4) is 0 Å². The van der Waals surface area contributed by atoms with Crippen molar-refractivity contribution in [3.05, 3.63) is 0 Å². The number of carbonyl (C=O) groups excluding carboxylic acids is 1. The summed E-state index contributed by atoms with van der Waals surface area (Å²) in [5.74, 6) is -1.06. The van der Waals surface area contributed by atoms with Crippen molar-refractivity contribution in [2.45, 2.75) is 32.2 Å². The second kappa shape index (κ2) is 5.84. The number of nitrogens with zero attached hydrogens (tertiary/aromatic N) is 2. The molecule has 1 aliphatic heterocycles. The fourth-order valence-electron chi connectivity index (χ4n) is 1.82. The number of hydrogen-bond acceptors (Lipinski definition) is 3. The maximum atomic E-state index is 11.7. The van der Waals surface area contributed by atoms with Crippen LogP contribution in [0.15, 0.2) is 0 Å². The van der Waals surface area contributed by atoms with Gasteiger partial charge in [-0.25, -0.2) is 4.79 Å². The molecule has 1 N–H and O–H groups in total. The number of hydrogen-bond donors (Lipinski definition) is 1. The Bertz CT molecular complexity index is 262. The molecule has 16 heavy (non-hydrogen) atoms. The highest BCUT2D eigenvalue weighted by Crippen LogP contribution is 2.08. The Morgan fingerprint density at radius 2 is 1.94 bits per heavy atom. The van der Waals surface area contributed by atoms with Crippen molar-refractivity contribution in [2.24, 2.45) is 0 Å². The van der Waals surface area contributed by atoms with E-state index in [9.17, 15) is 9.59 Å². The number of carboxylic acids is 1. The highest BCUT2D eigenvalue weighted by atomic mass is 16.4. The van der Waals surface area contributed by atoms with Crippen LogP contribution < -0.4 is 0 Å². The maximum absolute atomic E-state index is 11.7. The number of likely N-dealkylation sites (tertiary alicyclic amines) is 1.